The van der Waals surface area contributed by atoms with Gasteiger partial charge in [-0.2, -0.15) is 0 Å². The number of rotatable bonds is 8. The second kappa shape index (κ2) is 8.52. The molecule has 18 heavy (non-hydrogen) atoms. The van der Waals surface area contributed by atoms with Crippen LogP contribution in [0.4, 0.5) is 0 Å². The second-order valence-electron chi connectivity index (χ2n) is 4.97. The fourth-order valence-electron chi connectivity index (χ4n) is 2.03. The van der Waals surface area contributed by atoms with Crippen LogP contribution in [-0.2, 0) is 6.54 Å². The summed E-state index contributed by atoms with van der Waals surface area (Å²) < 4.78 is 0. The molecule has 0 aliphatic rings. The molecule has 0 fully saturated rings. The molecule has 0 bridgehead atoms. The summed E-state index contributed by atoms with van der Waals surface area (Å²) in [5.41, 5.74) is 1.20. The Kier molecular flexibility index (Phi) is 7.33. The van der Waals surface area contributed by atoms with E-state index >= 15 is 0 Å². The van der Waals surface area contributed by atoms with Gasteiger partial charge in [0.05, 0.1) is 0 Å². The average molecular weight is 269 g/mol. The molecular weight excluding hydrogens is 244 g/mol. The first-order valence-corrected chi connectivity index (χ1v) is 7.16. The Balaban J connectivity index is 2.26. The van der Waals surface area contributed by atoms with Crippen LogP contribution < -0.4 is 5.32 Å². The van der Waals surface area contributed by atoms with Crippen molar-refractivity contribution < 1.29 is 0 Å². The van der Waals surface area contributed by atoms with Gasteiger partial charge < -0.3 is 10.2 Å². The lowest BCUT2D eigenvalue weighted by molar-refractivity contribution is 0.316. The van der Waals surface area contributed by atoms with Crippen molar-refractivity contribution in [2.75, 3.05) is 20.1 Å². The molecule has 1 N–H and O–H groups in total. The first kappa shape index (κ1) is 15.5. The first-order valence-electron chi connectivity index (χ1n) is 6.78. The van der Waals surface area contributed by atoms with E-state index in [9.17, 15) is 0 Å². The van der Waals surface area contributed by atoms with Gasteiger partial charge in [0.1, 0.15) is 0 Å². The van der Waals surface area contributed by atoms with Crippen molar-refractivity contribution in [2.24, 2.45) is 0 Å². The highest BCUT2D eigenvalue weighted by Gasteiger charge is 2.04. The summed E-state index contributed by atoms with van der Waals surface area (Å²) in [6.45, 7) is 7.45. The van der Waals surface area contributed by atoms with E-state index in [1.165, 1.54) is 18.4 Å². The van der Waals surface area contributed by atoms with Crippen LogP contribution in [0.5, 0.6) is 0 Å². The van der Waals surface area contributed by atoms with Gasteiger partial charge in [0.25, 0.3) is 0 Å². The summed E-state index contributed by atoms with van der Waals surface area (Å²) in [6.07, 6.45) is 2.48. The van der Waals surface area contributed by atoms with E-state index in [1.807, 2.05) is 18.2 Å². The summed E-state index contributed by atoms with van der Waals surface area (Å²) in [5, 5.41) is 4.40. The summed E-state index contributed by atoms with van der Waals surface area (Å²) in [5.74, 6) is 0. The van der Waals surface area contributed by atoms with Crippen molar-refractivity contribution in [1.82, 2.24) is 10.2 Å². The number of halogens is 1. The molecule has 0 spiro atoms. The Morgan fingerprint density at radius 3 is 2.72 bits per heavy atom. The van der Waals surface area contributed by atoms with Gasteiger partial charge in [-0.1, -0.05) is 43.1 Å². The molecule has 3 heteroatoms. The summed E-state index contributed by atoms with van der Waals surface area (Å²) in [6, 6.07) is 8.66. The standard InChI is InChI=1S/C15H25ClN2/c1-4-7-13(2)17-10-11-18(3)12-14-8-5-6-9-15(14)16/h5-6,8-9,13,17H,4,7,10-12H2,1-3H3. The van der Waals surface area contributed by atoms with Gasteiger partial charge in [-0.3, -0.25) is 0 Å². The first-order chi connectivity index (χ1) is 8.63. The maximum absolute atomic E-state index is 6.15. The summed E-state index contributed by atoms with van der Waals surface area (Å²) in [7, 11) is 2.13. The van der Waals surface area contributed by atoms with Crippen molar-refractivity contribution in [2.45, 2.75) is 39.3 Å². The summed E-state index contributed by atoms with van der Waals surface area (Å²) in [4.78, 5) is 2.30. The number of hydrogen-bond donors (Lipinski definition) is 1. The van der Waals surface area contributed by atoms with Crippen LogP contribution in [0, 0.1) is 0 Å². The molecule has 0 aliphatic heterocycles. The van der Waals surface area contributed by atoms with Crippen molar-refractivity contribution in [3.05, 3.63) is 34.9 Å². The zero-order chi connectivity index (χ0) is 13.4. The normalized spacial score (nSPS) is 12.9. The van der Waals surface area contributed by atoms with Crippen molar-refractivity contribution in [1.29, 1.82) is 0 Å². The van der Waals surface area contributed by atoms with Crippen molar-refractivity contribution in [3.63, 3.8) is 0 Å². The van der Waals surface area contributed by atoms with Crippen LogP contribution in [0.15, 0.2) is 24.3 Å². The highest BCUT2D eigenvalue weighted by atomic mass is 35.5. The maximum atomic E-state index is 6.15. The molecule has 1 atom stereocenters. The molecule has 1 rings (SSSR count). The Labute approximate surface area is 116 Å². The van der Waals surface area contributed by atoms with Crippen LogP contribution in [0.3, 0.4) is 0 Å². The lowest BCUT2D eigenvalue weighted by Crippen LogP contribution is -2.34. The van der Waals surface area contributed by atoms with E-state index in [2.05, 4.69) is 37.2 Å². The van der Waals surface area contributed by atoms with E-state index in [4.69, 9.17) is 11.6 Å². The predicted molar refractivity (Wildman–Crippen MR) is 80.2 cm³/mol. The number of benzene rings is 1. The predicted octanol–water partition coefficient (Wildman–Crippen LogP) is 3.55. The topological polar surface area (TPSA) is 15.3 Å². The minimum absolute atomic E-state index is 0.615. The number of nitrogens with zero attached hydrogens (tertiary/aromatic N) is 1. The summed E-state index contributed by atoms with van der Waals surface area (Å²) >= 11 is 6.15. The van der Waals surface area contributed by atoms with Gasteiger partial charge in [0, 0.05) is 30.7 Å². The van der Waals surface area contributed by atoms with Crippen molar-refractivity contribution >= 4 is 11.6 Å². The van der Waals surface area contributed by atoms with Crippen LogP contribution in [0.2, 0.25) is 5.02 Å². The quantitative estimate of drug-likeness (QED) is 0.776. The third kappa shape index (κ3) is 5.85. The minimum atomic E-state index is 0.615. The van der Waals surface area contributed by atoms with Crippen LogP contribution in [0.1, 0.15) is 32.3 Å². The average Bonchev–Trinajstić information content (AvgIpc) is 2.32. The number of hydrogen-bond acceptors (Lipinski definition) is 2. The number of nitrogens with one attached hydrogen (secondary N) is 1. The van der Waals surface area contributed by atoms with Gasteiger partial charge >= 0.3 is 0 Å². The fourth-order valence-corrected chi connectivity index (χ4v) is 2.23. The molecular formula is C15H25ClN2. The molecule has 1 unspecified atom stereocenters. The Hall–Kier alpha value is -0.570. The maximum Gasteiger partial charge on any atom is 0.0451 e. The molecule has 0 amide bonds. The monoisotopic (exact) mass is 268 g/mol. The zero-order valence-corrected chi connectivity index (χ0v) is 12.5. The third-order valence-electron chi connectivity index (χ3n) is 3.11. The largest absolute Gasteiger partial charge is 0.313 e. The van der Waals surface area contributed by atoms with E-state index in [0.717, 1.165) is 24.7 Å². The van der Waals surface area contributed by atoms with Crippen LogP contribution >= 0.6 is 11.6 Å². The van der Waals surface area contributed by atoms with Crippen LogP contribution in [-0.4, -0.2) is 31.1 Å². The smallest absolute Gasteiger partial charge is 0.0451 e. The molecule has 2 nitrogen and oxygen atoms in total. The minimum Gasteiger partial charge on any atom is -0.313 e. The lowest BCUT2D eigenvalue weighted by Gasteiger charge is -2.19. The van der Waals surface area contributed by atoms with E-state index in [1.54, 1.807) is 0 Å². The molecule has 0 aliphatic carbocycles. The molecule has 1 aromatic carbocycles. The highest BCUT2D eigenvalue weighted by molar-refractivity contribution is 6.31. The van der Waals surface area contributed by atoms with Crippen molar-refractivity contribution in [3.8, 4) is 0 Å². The second-order valence-corrected chi connectivity index (χ2v) is 5.38. The van der Waals surface area contributed by atoms with Crippen LogP contribution in [0.25, 0.3) is 0 Å². The Bertz CT molecular complexity index is 341. The van der Waals surface area contributed by atoms with E-state index < -0.39 is 0 Å². The molecule has 0 radical (unpaired) electrons. The Morgan fingerprint density at radius 2 is 2.06 bits per heavy atom. The molecule has 1 aromatic rings. The SMILES string of the molecule is CCCC(C)NCCN(C)Cc1ccccc1Cl. The van der Waals surface area contributed by atoms with E-state index in [-0.39, 0.29) is 0 Å². The van der Waals surface area contributed by atoms with Gasteiger partial charge in [0.2, 0.25) is 0 Å². The van der Waals surface area contributed by atoms with E-state index in [0.29, 0.717) is 6.04 Å². The zero-order valence-electron chi connectivity index (χ0n) is 11.7. The third-order valence-corrected chi connectivity index (χ3v) is 3.47. The number of likely N-dealkylation sites (N-methyl/N-ethyl adjacent to an activating group) is 1. The van der Waals surface area contributed by atoms with Gasteiger partial charge in [-0.25, -0.2) is 0 Å². The van der Waals surface area contributed by atoms with Gasteiger partial charge in [0.15, 0.2) is 0 Å². The van der Waals surface area contributed by atoms with Gasteiger partial charge in [-0.15, -0.1) is 0 Å². The Morgan fingerprint density at radius 1 is 1.33 bits per heavy atom. The lowest BCUT2D eigenvalue weighted by atomic mass is 10.2. The molecule has 0 heterocycles. The molecule has 0 saturated carbocycles. The van der Waals surface area contributed by atoms with Gasteiger partial charge in [-0.05, 0) is 32.0 Å². The molecule has 102 valence electrons. The molecule has 0 saturated heterocycles. The molecule has 0 aromatic heterocycles. The fraction of sp³-hybridized carbons (Fsp3) is 0.600. The highest BCUT2D eigenvalue weighted by Crippen LogP contribution is 2.16.